The van der Waals surface area contributed by atoms with Gasteiger partial charge in [0.2, 0.25) is 10.0 Å². The number of hydrogen-bond donors (Lipinski definition) is 0. The number of hydrogen-bond acceptors (Lipinski definition) is 3. The Morgan fingerprint density at radius 1 is 1.32 bits per heavy atom. The molecule has 4 nitrogen and oxygen atoms in total. The molecular formula is C11H12BrCl2NO3S. The van der Waals surface area contributed by atoms with E-state index < -0.39 is 10.0 Å². The molecule has 1 aromatic carbocycles. The Kier molecular flexibility index (Phi) is 5.14. The molecule has 0 aromatic heterocycles. The summed E-state index contributed by atoms with van der Waals surface area (Å²) in [4.78, 5) is 0. The molecule has 1 heterocycles. The van der Waals surface area contributed by atoms with Crippen LogP contribution in [0.15, 0.2) is 18.2 Å². The van der Waals surface area contributed by atoms with E-state index in [1.807, 2.05) is 0 Å². The molecule has 0 N–H and O–H groups in total. The van der Waals surface area contributed by atoms with Gasteiger partial charge in [0.25, 0.3) is 0 Å². The molecule has 2 rings (SSSR count). The van der Waals surface area contributed by atoms with Crippen LogP contribution in [0.5, 0.6) is 0 Å². The largest absolute Gasteiger partial charge is 0.371 e. The molecule has 1 atom stereocenters. The van der Waals surface area contributed by atoms with Gasteiger partial charge in [-0.25, -0.2) is 8.42 Å². The van der Waals surface area contributed by atoms with Crippen molar-refractivity contribution in [2.75, 3.05) is 24.4 Å². The monoisotopic (exact) mass is 387 g/mol. The molecule has 1 fully saturated rings. The summed E-state index contributed by atoms with van der Waals surface area (Å²) in [5, 5.41) is 1.01. The summed E-state index contributed by atoms with van der Waals surface area (Å²) in [5.74, 6) is 0. The van der Waals surface area contributed by atoms with Crippen molar-refractivity contribution in [1.29, 1.82) is 0 Å². The summed E-state index contributed by atoms with van der Waals surface area (Å²) in [5.41, 5.74) is 0.784. The van der Waals surface area contributed by atoms with Crippen molar-refractivity contribution in [3.8, 4) is 0 Å². The molecule has 1 aliphatic heterocycles. The molecule has 0 spiro atoms. The minimum absolute atomic E-state index is 0.0942. The summed E-state index contributed by atoms with van der Waals surface area (Å²) in [7, 11) is -3.28. The lowest BCUT2D eigenvalue weighted by molar-refractivity contribution is -0.00237. The number of alkyl halides is 1. The zero-order valence-electron chi connectivity index (χ0n) is 9.85. The molecule has 1 saturated heterocycles. The van der Waals surface area contributed by atoms with Crippen LogP contribution >= 0.6 is 39.1 Å². The van der Waals surface area contributed by atoms with E-state index in [4.69, 9.17) is 27.9 Å². The van der Waals surface area contributed by atoms with Crippen molar-refractivity contribution in [2.24, 2.45) is 0 Å². The maximum absolute atomic E-state index is 11.8. The SMILES string of the molecule is O=S(=O)(CBr)N1CCOC(c2cc(Cl)cc(Cl)c2)C1. The smallest absolute Gasteiger partial charge is 0.224 e. The van der Waals surface area contributed by atoms with Gasteiger partial charge in [-0.2, -0.15) is 4.31 Å². The van der Waals surface area contributed by atoms with Crippen LogP contribution in [0, 0.1) is 0 Å². The fourth-order valence-electron chi connectivity index (χ4n) is 1.91. The van der Waals surface area contributed by atoms with Crippen molar-refractivity contribution < 1.29 is 13.2 Å². The topological polar surface area (TPSA) is 46.6 Å². The number of benzene rings is 1. The van der Waals surface area contributed by atoms with Gasteiger partial charge in [-0.05, 0) is 23.8 Å². The van der Waals surface area contributed by atoms with Crippen LogP contribution < -0.4 is 0 Å². The second-order valence-electron chi connectivity index (χ2n) is 4.14. The second kappa shape index (κ2) is 6.28. The quantitative estimate of drug-likeness (QED) is 0.747. The Morgan fingerprint density at radius 2 is 1.95 bits per heavy atom. The van der Waals surface area contributed by atoms with Crippen molar-refractivity contribution in [3.05, 3.63) is 33.8 Å². The maximum Gasteiger partial charge on any atom is 0.224 e. The van der Waals surface area contributed by atoms with Crippen LogP contribution in [0.25, 0.3) is 0 Å². The van der Waals surface area contributed by atoms with E-state index in [2.05, 4.69) is 15.9 Å². The van der Waals surface area contributed by atoms with Crippen molar-refractivity contribution >= 4 is 49.2 Å². The van der Waals surface area contributed by atoms with Gasteiger partial charge in [0, 0.05) is 23.1 Å². The van der Waals surface area contributed by atoms with Crippen LogP contribution in [0.1, 0.15) is 11.7 Å². The third-order valence-corrected chi connectivity index (χ3v) is 6.38. The Labute approximate surface area is 130 Å². The highest BCUT2D eigenvalue weighted by molar-refractivity contribution is 9.10. The predicted octanol–water partition coefficient (Wildman–Crippen LogP) is 3.05. The van der Waals surface area contributed by atoms with Crippen LogP contribution in [-0.4, -0.2) is 37.1 Å². The van der Waals surface area contributed by atoms with Crippen LogP contribution in [0.3, 0.4) is 0 Å². The zero-order chi connectivity index (χ0) is 14.0. The average Bonchev–Trinajstić information content (AvgIpc) is 2.38. The maximum atomic E-state index is 11.8. The lowest BCUT2D eigenvalue weighted by Gasteiger charge is -2.32. The Hall–Kier alpha value is 0.150. The van der Waals surface area contributed by atoms with Gasteiger partial charge in [-0.3, -0.25) is 0 Å². The first-order chi connectivity index (χ1) is 8.92. The summed E-state index contributed by atoms with van der Waals surface area (Å²) in [6, 6.07) is 5.10. The Bertz CT molecular complexity index is 547. The lowest BCUT2D eigenvalue weighted by atomic mass is 10.1. The molecular weight excluding hydrogens is 377 g/mol. The highest BCUT2D eigenvalue weighted by atomic mass is 79.9. The van der Waals surface area contributed by atoms with Gasteiger partial charge in [-0.15, -0.1) is 0 Å². The highest BCUT2D eigenvalue weighted by Crippen LogP contribution is 2.29. The molecule has 0 radical (unpaired) electrons. The van der Waals surface area contributed by atoms with Crippen molar-refractivity contribution in [2.45, 2.75) is 6.10 Å². The minimum Gasteiger partial charge on any atom is -0.371 e. The fraction of sp³-hybridized carbons (Fsp3) is 0.455. The van der Waals surface area contributed by atoms with E-state index in [1.54, 1.807) is 18.2 Å². The molecule has 0 amide bonds. The van der Waals surface area contributed by atoms with Crippen LogP contribution in [0.2, 0.25) is 10.0 Å². The third kappa shape index (κ3) is 3.83. The van der Waals surface area contributed by atoms with Gasteiger partial charge in [0.15, 0.2) is 0 Å². The van der Waals surface area contributed by atoms with Crippen molar-refractivity contribution in [1.82, 2.24) is 4.31 Å². The number of nitrogens with zero attached hydrogens (tertiary/aromatic N) is 1. The summed E-state index contributed by atoms with van der Waals surface area (Å²) in [6.07, 6.45) is -0.348. The second-order valence-corrected chi connectivity index (χ2v) is 8.29. The van der Waals surface area contributed by atoms with E-state index in [9.17, 15) is 8.42 Å². The number of rotatable bonds is 3. The Morgan fingerprint density at radius 3 is 2.53 bits per heavy atom. The first kappa shape index (κ1) is 15.5. The molecule has 0 aliphatic carbocycles. The van der Waals surface area contributed by atoms with Crippen LogP contribution in [0.4, 0.5) is 0 Å². The van der Waals surface area contributed by atoms with Gasteiger partial charge in [0.05, 0.1) is 12.7 Å². The molecule has 0 saturated carbocycles. The third-order valence-electron chi connectivity index (χ3n) is 2.82. The van der Waals surface area contributed by atoms with E-state index >= 15 is 0 Å². The summed E-state index contributed by atoms with van der Waals surface area (Å²) < 4.78 is 30.6. The number of morpholine rings is 1. The van der Waals surface area contributed by atoms with Gasteiger partial charge in [-0.1, -0.05) is 39.1 Å². The minimum atomic E-state index is -3.28. The van der Waals surface area contributed by atoms with Gasteiger partial charge < -0.3 is 4.74 Å². The number of sulfonamides is 1. The predicted molar refractivity (Wildman–Crippen MR) is 79.4 cm³/mol. The van der Waals surface area contributed by atoms with Crippen molar-refractivity contribution in [3.63, 3.8) is 0 Å². The first-order valence-corrected chi connectivity index (χ1v) is 9.02. The number of halogens is 3. The standard InChI is InChI=1S/C11H12BrCl2NO3S/c12-7-19(16,17)15-1-2-18-11(6-15)8-3-9(13)5-10(14)4-8/h3-5,11H,1-2,6-7H2. The molecule has 106 valence electrons. The molecule has 0 bridgehead atoms. The van der Waals surface area contributed by atoms with E-state index in [1.165, 1.54) is 4.31 Å². The molecule has 1 unspecified atom stereocenters. The zero-order valence-corrected chi connectivity index (χ0v) is 13.8. The highest BCUT2D eigenvalue weighted by Gasteiger charge is 2.29. The van der Waals surface area contributed by atoms with Gasteiger partial charge in [0.1, 0.15) is 4.66 Å². The molecule has 19 heavy (non-hydrogen) atoms. The van der Waals surface area contributed by atoms with Gasteiger partial charge >= 0.3 is 0 Å². The van der Waals surface area contributed by atoms with E-state index in [0.29, 0.717) is 23.2 Å². The lowest BCUT2D eigenvalue weighted by Crippen LogP contribution is -2.42. The molecule has 8 heteroatoms. The average molecular weight is 389 g/mol. The summed E-state index contributed by atoms with van der Waals surface area (Å²) in [6.45, 7) is 0.977. The normalized spacial score (nSPS) is 21.5. The number of ether oxygens (including phenoxy) is 1. The summed E-state index contributed by atoms with van der Waals surface area (Å²) >= 11 is 14.9. The molecule has 1 aliphatic rings. The van der Waals surface area contributed by atoms with Crippen LogP contribution in [-0.2, 0) is 14.8 Å². The first-order valence-electron chi connectivity index (χ1n) is 5.54. The fourth-order valence-corrected chi connectivity index (χ4v) is 4.17. The van der Waals surface area contributed by atoms with E-state index in [-0.39, 0.29) is 17.3 Å². The Balaban J connectivity index is 2.22. The van der Waals surface area contributed by atoms with E-state index in [0.717, 1.165) is 5.56 Å². The molecule has 1 aromatic rings.